The second kappa shape index (κ2) is 5.71. The van der Waals surface area contributed by atoms with Crippen LogP contribution in [-0.2, 0) is 0 Å². The molecule has 1 heterocycles. The van der Waals surface area contributed by atoms with E-state index < -0.39 is 0 Å². The van der Waals surface area contributed by atoms with Crippen LogP contribution in [0.4, 0.5) is 0 Å². The molecule has 0 aromatic heterocycles. The molecule has 0 aromatic rings. The number of hydrogen-bond donors (Lipinski definition) is 1. The fourth-order valence-electron chi connectivity index (χ4n) is 3.57. The molecule has 0 radical (unpaired) electrons. The fourth-order valence-corrected chi connectivity index (χ4v) is 3.57. The van der Waals surface area contributed by atoms with Crippen molar-refractivity contribution in [1.29, 1.82) is 0 Å². The van der Waals surface area contributed by atoms with Gasteiger partial charge < -0.3 is 10.6 Å². The average Bonchev–Trinajstić information content (AvgIpc) is 2.48. The predicted molar refractivity (Wildman–Crippen MR) is 74.0 cm³/mol. The summed E-state index contributed by atoms with van der Waals surface area (Å²) in [4.78, 5) is 2.69. The van der Waals surface area contributed by atoms with Crippen molar-refractivity contribution in [2.24, 2.45) is 17.1 Å². The van der Waals surface area contributed by atoms with E-state index in [0.717, 1.165) is 5.92 Å². The van der Waals surface area contributed by atoms with Crippen LogP contribution in [0.25, 0.3) is 0 Å². The SMILES string of the molecule is CC1(C)CCC(CN2CCCCCCC2)C1N. The van der Waals surface area contributed by atoms with Crippen LogP contribution in [0.3, 0.4) is 0 Å². The monoisotopic (exact) mass is 238 g/mol. The third-order valence-electron chi connectivity index (χ3n) is 5.01. The van der Waals surface area contributed by atoms with Crippen molar-refractivity contribution in [2.75, 3.05) is 19.6 Å². The summed E-state index contributed by atoms with van der Waals surface area (Å²) in [5.74, 6) is 0.740. The zero-order chi connectivity index (χ0) is 12.3. The second-order valence-electron chi connectivity index (χ2n) is 6.88. The Morgan fingerprint density at radius 1 is 1.06 bits per heavy atom. The first-order valence-corrected chi connectivity index (χ1v) is 7.57. The molecule has 0 bridgehead atoms. The molecule has 1 saturated heterocycles. The minimum Gasteiger partial charge on any atom is -0.327 e. The lowest BCUT2D eigenvalue weighted by Gasteiger charge is -2.32. The molecule has 2 aliphatic rings. The number of nitrogens with zero attached hydrogens (tertiary/aromatic N) is 1. The van der Waals surface area contributed by atoms with E-state index in [1.165, 1.54) is 64.6 Å². The molecule has 2 rings (SSSR count). The molecule has 1 aliphatic heterocycles. The summed E-state index contributed by atoms with van der Waals surface area (Å²) < 4.78 is 0. The third kappa shape index (κ3) is 3.45. The van der Waals surface area contributed by atoms with Gasteiger partial charge in [-0.1, -0.05) is 33.1 Å². The second-order valence-corrected chi connectivity index (χ2v) is 6.88. The Morgan fingerprint density at radius 3 is 2.18 bits per heavy atom. The normalized spacial score (nSPS) is 35.5. The van der Waals surface area contributed by atoms with Gasteiger partial charge in [-0.05, 0) is 50.1 Å². The Labute approximate surface area is 107 Å². The van der Waals surface area contributed by atoms with Gasteiger partial charge in [0.2, 0.25) is 0 Å². The van der Waals surface area contributed by atoms with Gasteiger partial charge >= 0.3 is 0 Å². The molecule has 0 spiro atoms. The van der Waals surface area contributed by atoms with Crippen LogP contribution < -0.4 is 5.73 Å². The first-order chi connectivity index (χ1) is 8.09. The number of rotatable bonds is 2. The molecule has 2 unspecified atom stereocenters. The summed E-state index contributed by atoms with van der Waals surface area (Å²) in [5.41, 5.74) is 6.79. The molecule has 2 fully saturated rings. The Hall–Kier alpha value is -0.0800. The van der Waals surface area contributed by atoms with Crippen LogP contribution in [0, 0.1) is 11.3 Å². The molecule has 1 saturated carbocycles. The van der Waals surface area contributed by atoms with Gasteiger partial charge in [-0.25, -0.2) is 0 Å². The highest BCUT2D eigenvalue weighted by Crippen LogP contribution is 2.40. The molecule has 100 valence electrons. The number of nitrogens with two attached hydrogens (primary N) is 1. The molecular formula is C15H30N2. The molecule has 2 N–H and O–H groups in total. The van der Waals surface area contributed by atoms with E-state index in [0.29, 0.717) is 11.5 Å². The van der Waals surface area contributed by atoms with Gasteiger partial charge in [0.1, 0.15) is 0 Å². The van der Waals surface area contributed by atoms with Gasteiger partial charge in [0.05, 0.1) is 0 Å². The van der Waals surface area contributed by atoms with Crippen molar-refractivity contribution < 1.29 is 0 Å². The quantitative estimate of drug-likeness (QED) is 0.801. The summed E-state index contributed by atoms with van der Waals surface area (Å²) >= 11 is 0. The molecule has 17 heavy (non-hydrogen) atoms. The molecule has 2 nitrogen and oxygen atoms in total. The number of likely N-dealkylation sites (tertiary alicyclic amines) is 1. The number of hydrogen-bond acceptors (Lipinski definition) is 2. The first-order valence-electron chi connectivity index (χ1n) is 7.57. The highest BCUT2D eigenvalue weighted by Gasteiger charge is 2.39. The van der Waals surface area contributed by atoms with E-state index in [1.807, 2.05) is 0 Å². The zero-order valence-corrected chi connectivity index (χ0v) is 11.8. The topological polar surface area (TPSA) is 29.3 Å². The summed E-state index contributed by atoms with van der Waals surface area (Å²) in [7, 11) is 0. The smallest absolute Gasteiger partial charge is 0.0131 e. The Kier molecular flexibility index (Phi) is 4.48. The predicted octanol–water partition coefficient (Wildman–Crippen LogP) is 3.02. The van der Waals surface area contributed by atoms with E-state index in [4.69, 9.17) is 5.73 Å². The van der Waals surface area contributed by atoms with Gasteiger partial charge in [0.15, 0.2) is 0 Å². The Bertz CT molecular complexity index is 229. The molecule has 2 atom stereocenters. The molecule has 2 heteroatoms. The van der Waals surface area contributed by atoms with Gasteiger partial charge in [0.25, 0.3) is 0 Å². The van der Waals surface area contributed by atoms with Crippen LogP contribution in [0.1, 0.15) is 58.8 Å². The maximum atomic E-state index is 6.42. The summed E-state index contributed by atoms with van der Waals surface area (Å²) in [6, 6.07) is 0.410. The van der Waals surface area contributed by atoms with Crippen molar-refractivity contribution >= 4 is 0 Å². The maximum absolute atomic E-state index is 6.42. The molecular weight excluding hydrogens is 208 g/mol. The largest absolute Gasteiger partial charge is 0.327 e. The van der Waals surface area contributed by atoms with Crippen molar-refractivity contribution in [2.45, 2.75) is 64.8 Å². The Balaban J connectivity index is 1.83. The van der Waals surface area contributed by atoms with Gasteiger partial charge in [-0.3, -0.25) is 0 Å². The van der Waals surface area contributed by atoms with E-state index in [1.54, 1.807) is 0 Å². The van der Waals surface area contributed by atoms with Crippen LogP contribution in [0.15, 0.2) is 0 Å². The fraction of sp³-hybridized carbons (Fsp3) is 1.00. The molecule has 0 aromatic carbocycles. The molecule has 0 amide bonds. The van der Waals surface area contributed by atoms with Crippen molar-refractivity contribution in [3.63, 3.8) is 0 Å². The summed E-state index contributed by atoms with van der Waals surface area (Å²) in [6.45, 7) is 8.55. The lowest BCUT2D eigenvalue weighted by atomic mass is 9.85. The first kappa shape index (κ1) is 13.4. The average molecular weight is 238 g/mol. The minimum absolute atomic E-state index is 0.368. The van der Waals surface area contributed by atoms with Crippen LogP contribution >= 0.6 is 0 Å². The van der Waals surface area contributed by atoms with Gasteiger partial charge in [-0.2, -0.15) is 0 Å². The van der Waals surface area contributed by atoms with Crippen molar-refractivity contribution in [3.8, 4) is 0 Å². The van der Waals surface area contributed by atoms with E-state index in [9.17, 15) is 0 Å². The van der Waals surface area contributed by atoms with Crippen molar-refractivity contribution in [3.05, 3.63) is 0 Å². The van der Waals surface area contributed by atoms with E-state index in [2.05, 4.69) is 18.7 Å². The minimum atomic E-state index is 0.368. The van der Waals surface area contributed by atoms with Gasteiger partial charge in [0, 0.05) is 12.6 Å². The van der Waals surface area contributed by atoms with Crippen LogP contribution in [0.5, 0.6) is 0 Å². The molecule has 1 aliphatic carbocycles. The van der Waals surface area contributed by atoms with Crippen LogP contribution in [0.2, 0.25) is 0 Å². The lowest BCUT2D eigenvalue weighted by molar-refractivity contribution is 0.191. The summed E-state index contributed by atoms with van der Waals surface area (Å²) in [6.07, 6.45) is 9.75. The van der Waals surface area contributed by atoms with E-state index in [-0.39, 0.29) is 0 Å². The lowest BCUT2D eigenvalue weighted by Crippen LogP contribution is -2.42. The summed E-state index contributed by atoms with van der Waals surface area (Å²) in [5, 5.41) is 0. The standard InChI is InChI=1S/C15H30N2/c1-15(2)9-8-13(14(15)16)12-17-10-6-4-3-5-7-11-17/h13-14H,3-12,16H2,1-2H3. The van der Waals surface area contributed by atoms with Gasteiger partial charge in [-0.15, -0.1) is 0 Å². The highest BCUT2D eigenvalue weighted by molar-refractivity contribution is 4.95. The third-order valence-corrected chi connectivity index (χ3v) is 5.01. The maximum Gasteiger partial charge on any atom is 0.0131 e. The highest BCUT2D eigenvalue weighted by atomic mass is 15.1. The van der Waals surface area contributed by atoms with Crippen LogP contribution in [-0.4, -0.2) is 30.6 Å². The van der Waals surface area contributed by atoms with E-state index >= 15 is 0 Å². The van der Waals surface area contributed by atoms with Crippen molar-refractivity contribution in [1.82, 2.24) is 4.90 Å². The zero-order valence-electron chi connectivity index (χ0n) is 11.8. The Morgan fingerprint density at radius 2 is 1.65 bits per heavy atom.